The van der Waals surface area contributed by atoms with Crippen molar-refractivity contribution in [3.63, 3.8) is 0 Å². The molecule has 0 bridgehead atoms. The van der Waals surface area contributed by atoms with Crippen molar-refractivity contribution < 1.29 is 29.6 Å². The number of rotatable bonds is 7. The third kappa shape index (κ3) is 4.93. The lowest BCUT2D eigenvalue weighted by molar-refractivity contribution is -0.225. The lowest BCUT2D eigenvalue weighted by Crippen LogP contribution is -2.67. The molecule has 1 unspecified atom stereocenters. The largest absolute Gasteiger partial charge is 0.394 e. The number of carbonyl (C=O) groups excluding carboxylic acids is 2. The molecule has 1 rings (SSSR count). The monoisotopic (exact) mass is 333 g/mol. The van der Waals surface area contributed by atoms with Gasteiger partial charge in [0.25, 0.3) is 0 Å². The summed E-state index contributed by atoms with van der Waals surface area (Å²) in [5.41, 5.74) is 11.2. The Labute approximate surface area is 135 Å². The van der Waals surface area contributed by atoms with E-state index in [9.17, 15) is 24.9 Å². The molecule has 1 heterocycles. The van der Waals surface area contributed by atoms with Gasteiger partial charge in [-0.15, -0.1) is 0 Å². The number of carbonyl (C=O) groups is 2. The van der Waals surface area contributed by atoms with Crippen LogP contribution in [0.3, 0.4) is 0 Å². The number of ether oxygens (including phenoxy) is 1. The van der Waals surface area contributed by atoms with Crippen LogP contribution in [0.2, 0.25) is 0 Å². The van der Waals surface area contributed by atoms with Crippen LogP contribution >= 0.6 is 0 Å². The van der Waals surface area contributed by atoms with E-state index in [1.54, 1.807) is 0 Å². The smallest absolute Gasteiger partial charge is 0.231 e. The third-order valence-electron chi connectivity index (χ3n) is 3.91. The first-order valence-corrected chi connectivity index (χ1v) is 7.75. The van der Waals surface area contributed by atoms with Crippen molar-refractivity contribution in [1.82, 2.24) is 4.90 Å². The van der Waals surface area contributed by atoms with Gasteiger partial charge in [-0.1, -0.05) is 6.42 Å². The Balaban J connectivity index is 2.82. The molecule has 1 fully saturated rings. The van der Waals surface area contributed by atoms with Crippen molar-refractivity contribution in [2.24, 2.45) is 11.5 Å². The summed E-state index contributed by atoms with van der Waals surface area (Å²) in [4.78, 5) is 25.0. The highest BCUT2D eigenvalue weighted by Gasteiger charge is 2.46. The van der Waals surface area contributed by atoms with Gasteiger partial charge in [0, 0.05) is 13.3 Å². The molecule has 0 aromatic heterocycles. The molecule has 0 aromatic rings. The standard InChI is InChI=1S/C14H27N3O6/c1-8(19)17(10(20)5-3-2-4-6-15)14-11(16)13(22)12(21)9(7-18)23-14/h9,11-14,18,21-22H,2-7,15-16H2,1H3/t9-,11-,12-,13-,14?/m1/s1. The van der Waals surface area contributed by atoms with Gasteiger partial charge >= 0.3 is 0 Å². The highest BCUT2D eigenvalue weighted by atomic mass is 16.5. The Kier molecular flexibility index (Phi) is 8.03. The molecular weight excluding hydrogens is 306 g/mol. The van der Waals surface area contributed by atoms with E-state index in [2.05, 4.69) is 0 Å². The summed E-state index contributed by atoms with van der Waals surface area (Å²) in [7, 11) is 0. The summed E-state index contributed by atoms with van der Waals surface area (Å²) in [5.74, 6) is -1.05. The predicted molar refractivity (Wildman–Crippen MR) is 80.8 cm³/mol. The van der Waals surface area contributed by atoms with E-state index in [0.717, 1.165) is 17.7 Å². The SMILES string of the molecule is CC(=O)N(C(=O)CCCCCN)C1O[C@H](CO)[C@@H](O)[C@H](O)[C@H]1N. The minimum atomic E-state index is -1.42. The maximum absolute atomic E-state index is 12.3. The van der Waals surface area contributed by atoms with Crippen molar-refractivity contribution in [2.45, 2.75) is 63.2 Å². The van der Waals surface area contributed by atoms with Crippen LogP contribution in [0.4, 0.5) is 0 Å². The van der Waals surface area contributed by atoms with Crippen molar-refractivity contribution >= 4 is 11.8 Å². The first-order valence-electron chi connectivity index (χ1n) is 7.75. The van der Waals surface area contributed by atoms with Crippen molar-refractivity contribution in [3.05, 3.63) is 0 Å². The average Bonchev–Trinajstić information content (AvgIpc) is 2.51. The second-order valence-corrected chi connectivity index (χ2v) is 5.69. The maximum Gasteiger partial charge on any atom is 0.231 e. The average molecular weight is 333 g/mol. The van der Waals surface area contributed by atoms with E-state index in [4.69, 9.17) is 16.2 Å². The molecule has 0 saturated carbocycles. The van der Waals surface area contributed by atoms with Crippen LogP contribution < -0.4 is 11.5 Å². The molecule has 0 spiro atoms. The van der Waals surface area contributed by atoms with Gasteiger partial charge in [-0.25, -0.2) is 0 Å². The molecule has 134 valence electrons. The van der Waals surface area contributed by atoms with Crippen molar-refractivity contribution in [3.8, 4) is 0 Å². The summed E-state index contributed by atoms with van der Waals surface area (Å²) >= 11 is 0. The van der Waals surface area contributed by atoms with E-state index in [1.807, 2.05) is 0 Å². The van der Waals surface area contributed by atoms with Gasteiger partial charge < -0.3 is 31.5 Å². The zero-order valence-electron chi connectivity index (χ0n) is 13.3. The minimum Gasteiger partial charge on any atom is -0.394 e. The number of aliphatic hydroxyl groups excluding tert-OH is 3. The van der Waals surface area contributed by atoms with E-state index in [-0.39, 0.29) is 6.42 Å². The number of amides is 2. The maximum atomic E-state index is 12.3. The van der Waals surface area contributed by atoms with Crippen LogP contribution in [0.5, 0.6) is 0 Å². The Morgan fingerprint density at radius 3 is 2.35 bits per heavy atom. The molecule has 1 aliphatic heterocycles. The molecule has 2 amide bonds. The van der Waals surface area contributed by atoms with Gasteiger partial charge in [0.1, 0.15) is 18.3 Å². The highest BCUT2D eigenvalue weighted by molar-refractivity contribution is 5.94. The molecule has 7 N–H and O–H groups in total. The number of nitrogens with zero attached hydrogens (tertiary/aromatic N) is 1. The fourth-order valence-electron chi connectivity index (χ4n) is 2.57. The van der Waals surface area contributed by atoms with Crippen LogP contribution in [0, 0.1) is 0 Å². The number of imide groups is 1. The molecular formula is C14H27N3O6. The number of unbranched alkanes of at least 4 members (excludes halogenated alkanes) is 2. The molecule has 1 aliphatic rings. The summed E-state index contributed by atoms with van der Waals surface area (Å²) < 4.78 is 5.38. The lowest BCUT2D eigenvalue weighted by atomic mass is 9.96. The molecule has 9 nitrogen and oxygen atoms in total. The van der Waals surface area contributed by atoms with Gasteiger partial charge in [-0.2, -0.15) is 0 Å². The highest BCUT2D eigenvalue weighted by Crippen LogP contribution is 2.23. The minimum absolute atomic E-state index is 0.120. The third-order valence-corrected chi connectivity index (χ3v) is 3.91. The topological polar surface area (TPSA) is 159 Å². The molecule has 0 aliphatic carbocycles. The molecule has 0 aromatic carbocycles. The number of hydrogen-bond donors (Lipinski definition) is 5. The second kappa shape index (κ2) is 9.26. The molecule has 5 atom stereocenters. The van der Waals surface area contributed by atoms with Gasteiger partial charge in [0.15, 0.2) is 6.23 Å². The van der Waals surface area contributed by atoms with E-state index >= 15 is 0 Å². The molecule has 0 radical (unpaired) electrons. The Morgan fingerprint density at radius 2 is 1.83 bits per heavy atom. The summed E-state index contributed by atoms with van der Waals surface area (Å²) in [6.07, 6.45) is -2.94. The number of aliphatic hydroxyl groups is 3. The zero-order valence-corrected chi connectivity index (χ0v) is 13.3. The molecule has 23 heavy (non-hydrogen) atoms. The van der Waals surface area contributed by atoms with Gasteiger partial charge in [-0.05, 0) is 19.4 Å². The van der Waals surface area contributed by atoms with Crippen molar-refractivity contribution in [1.29, 1.82) is 0 Å². The predicted octanol–water partition coefficient (Wildman–Crippen LogP) is -2.35. The van der Waals surface area contributed by atoms with Crippen LogP contribution in [0.25, 0.3) is 0 Å². The van der Waals surface area contributed by atoms with Crippen LogP contribution in [0.15, 0.2) is 0 Å². The van der Waals surface area contributed by atoms with Crippen molar-refractivity contribution in [2.75, 3.05) is 13.2 Å². The molecule has 1 saturated heterocycles. The van der Waals surface area contributed by atoms with Gasteiger partial charge in [-0.3, -0.25) is 14.5 Å². The quantitative estimate of drug-likeness (QED) is 0.324. The molecule has 9 heteroatoms. The number of nitrogens with two attached hydrogens (primary N) is 2. The van der Waals surface area contributed by atoms with Crippen LogP contribution in [0.1, 0.15) is 32.6 Å². The summed E-state index contributed by atoms with van der Waals surface area (Å²) in [6, 6.07) is -1.16. The van der Waals surface area contributed by atoms with E-state index < -0.39 is 49.0 Å². The van der Waals surface area contributed by atoms with Crippen LogP contribution in [-0.4, -0.2) is 75.8 Å². The zero-order chi connectivity index (χ0) is 17.6. The Hall–Kier alpha value is -1.10. The van der Waals surface area contributed by atoms with Crippen LogP contribution in [-0.2, 0) is 14.3 Å². The second-order valence-electron chi connectivity index (χ2n) is 5.69. The number of hydrogen-bond acceptors (Lipinski definition) is 8. The fraction of sp³-hybridized carbons (Fsp3) is 0.857. The fourth-order valence-corrected chi connectivity index (χ4v) is 2.57. The van der Waals surface area contributed by atoms with Gasteiger partial charge in [0.05, 0.1) is 12.6 Å². The first-order chi connectivity index (χ1) is 10.8. The Bertz CT molecular complexity index is 406. The van der Waals surface area contributed by atoms with Gasteiger partial charge in [0.2, 0.25) is 11.8 Å². The lowest BCUT2D eigenvalue weighted by Gasteiger charge is -2.44. The normalized spacial score (nSPS) is 31.0. The Morgan fingerprint density at radius 1 is 1.17 bits per heavy atom. The van der Waals surface area contributed by atoms with E-state index in [1.165, 1.54) is 6.92 Å². The summed E-state index contributed by atoms with van der Waals surface area (Å²) in [5, 5.41) is 28.9. The summed E-state index contributed by atoms with van der Waals surface area (Å²) in [6.45, 7) is 1.15. The van der Waals surface area contributed by atoms with E-state index in [0.29, 0.717) is 13.0 Å². The first kappa shape index (κ1) is 19.9.